The topological polar surface area (TPSA) is 50.3 Å². The highest BCUT2D eigenvalue weighted by Crippen LogP contribution is 2.46. The fourth-order valence-corrected chi connectivity index (χ4v) is 4.34. The Morgan fingerprint density at radius 2 is 2.03 bits per heavy atom. The summed E-state index contributed by atoms with van der Waals surface area (Å²) in [5.74, 6) is 2.03. The molecule has 0 aliphatic heterocycles. The van der Waals surface area contributed by atoms with E-state index in [1.807, 2.05) is 38.2 Å². The fourth-order valence-electron chi connectivity index (χ4n) is 4.12. The van der Waals surface area contributed by atoms with Gasteiger partial charge in [0, 0.05) is 63.2 Å². The molecule has 1 unspecified atom stereocenters. The summed E-state index contributed by atoms with van der Waals surface area (Å²) < 4.78 is 8.19. The fraction of sp³-hybridized carbons (Fsp3) is 0.417. The monoisotopic (exact) mass is 441 g/mol. The van der Waals surface area contributed by atoms with Crippen molar-refractivity contribution < 1.29 is 4.42 Å². The van der Waals surface area contributed by atoms with Crippen LogP contribution < -0.4 is 4.90 Å². The van der Waals surface area contributed by atoms with Gasteiger partial charge < -0.3 is 18.8 Å². The lowest BCUT2D eigenvalue weighted by molar-refractivity contribution is 0.498. The van der Waals surface area contributed by atoms with Gasteiger partial charge in [0.15, 0.2) is 0 Å². The van der Waals surface area contributed by atoms with Crippen LogP contribution in [0.25, 0.3) is 17.7 Å². The van der Waals surface area contributed by atoms with Gasteiger partial charge in [0.25, 0.3) is 5.89 Å². The highest BCUT2D eigenvalue weighted by atomic mass is 35.5. The number of hydrogen-bond donors (Lipinski definition) is 0. The summed E-state index contributed by atoms with van der Waals surface area (Å²) >= 11 is 6.32. The van der Waals surface area contributed by atoms with Crippen molar-refractivity contribution >= 4 is 23.4 Å². The molecule has 6 nitrogen and oxygen atoms in total. The largest absolute Gasteiger partial charge is 0.420 e. The number of aromatic nitrogens is 3. The van der Waals surface area contributed by atoms with Crippen LogP contribution in [0.2, 0.25) is 0 Å². The Kier molecular flexibility index (Phi) is 6.80. The Balaban J connectivity index is 2.33. The van der Waals surface area contributed by atoms with Crippen molar-refractivity contribution in [1.29, 1.82) is 0 Å². The summed E-state index contributed by atoms with van der Waals surface area (Å²) in [4.78, 5) is 4.12. The SMILES string of the molecule is C=Cc1c(N(C)C(=C)N(C)C)c(C(C)C2=CC=C(Cl)C2)n(CCC)c1-c1nnc(C)o1. The highest BCUT2D eigenvalue weighted by Gasteiger charge is 2.32. The minimum absolute atomic E-state index is 0.128. The van der Waals surface area contributed by atoms with Gasteiger partial charge in [-0.1, -0.05) is 56.3 Å². The van der Waals surface area contributed by atoms with Crippen LogP contribution in [0.4, 0.5) is 5.69 Å². The maximum Gasteiger partial charge on any atom is 0.264 e. The molecular formula is C24H32ClN5O. The van der Waals surface area contributed by atoms with Gasteiger partial charge >= 0.3 is 0 Å². The second-order valence-corrected chi connectivity index (χ2v) is 8.59. The number of aryl methyl sites for hydroxylation is 1. The molecule has 2 heterocycles. The average Bonchev–Trinajstić information content (AvgIpc) is 3.43. The van der Waals surface area contributed by atoms with E-state index in [1.54, 1.807) is 6.92 Å². The standard InChI is InChI=1S/C24H32ClN5O/c1-9-13-30-21(15(3)18-11-12-19(25)14-18)22(29(8)17(5)28(6)7)20(10-2)23(30)24-27-26-16(4)31-24/h10-12,15H,2,5,9,13-14H2,1,3-4,6-8H3. The first-order chi connectivity index (χ1) is 14.7. The van der Waals surface area contributed by atoms with Gasteiger partial charge in [-0.25, -0.2) is 0 Å². The number of nitrogens with zero attached hydrogens (tertiary/aromatic N) is 5. The first kappa shape index (κ1) is 22.9. The van der Waals surface area contributed by atoms with Crippen molar-refractivity contribution in [2.75, 3.05) is 26.0 Å². The first-order valence-electron chi connectivity index (χ1n) is 10.6. The highest BCUT2D eigenvalue weighted by molar-refractivity contribution is 6.30. The average molecular weight is 442 g/mol. The predicted molar refractivity (Wildman–Crippen MR) is 129 cm³/mol. The summed E-state index contributed by atoms with van der Waals surface area (Å²) in [6, 6.07) is 0. The Labute approximate surface area is 190 Å². The van der Waals surface area contributed by atoms with E-state index in [0.717, 1.165) is 47.2 Å². The van der Waals surface area contributed by atoms with Crippen LogP contribution in [-0.4, -0.2) is 40.8 Å². The van der Waals surface area contributed by atoms with Crippen molar-refractivity contribution in [1.82, 2.24) is 19.7 Å². The van der Waals surface area contributed by atoms with Crippen LogP contribution in [0.1, 0.15) is 49.8 Å². The van der Waals surface area contributed by atoms with Crippen LogP contribution in [0.15, 0.2) is 46.2 Å². The van der Waals surface area contributed by atoms with Gasteiger partial charge in [0.1, 0.15) is 11.5 Å². The molecule has 0 fully saturated rings. The van der Waals surface area contributed by atoms with Gasteiger partial charge in [-0.2, -0.15) is 0 Å². The molecule has 1 aliphatic rings. The molecule has 0 radical (unpaired) electrons. The molecule has 7 heteroatoms. The molecule has 166 valence electrons. The van der Waals surface area contributed by atoms with Crippen LogP contribution in [0.3, 0.4) is 0 Å². The van der Waals surface area contributed by atoms with Gasteiger partial charge in [-0.15, -0.1) is 10.2 Å². The van der Waals surface area contributed by atoms with Crippen molar-refractivity contribution in [3.8, 4) is 11.6 Å². The molecule has 0 amide bonds. The normalized spacial score (nSPS) is 14.3. The molecule has 0 N–H and O–H groups in total. The van der Waals surface area contributed by atoms with E-state index in [2.05, 4.69) is 52.7 Å². The Morgan fingerprint density at radius 3 is 2.52 bits per heavy atom. The molecule has 0 saturated heterocycles. The summed E-state index contributed by atoms with van der Waals surface area (Å²) in [5, 5.41) is 9.29. The lowest BCUT2D eigenvalue weighted by Crippen LogP contribution is -2.28. The quantitative estimate of drug-likeness (QED) is 0.483. The van der Waals surface area contributed by atoms with Crippen LogP contribution in [-0.2, 0) is 6.54 Å². The summed E-state index contributed by atoms with van der Waals surface area (Å²) in [6.07, 6.45) is 7.71. The molecule has 2 aromatic heterocycles. The minimum atomic E-state index is 0.128. The zero-order valence-electron chi connectivity index (χ0n) is 19.4. The van der Waals surface area contributed by atoms with Crippen molar-refractivity contribution in [2.45, 2.75) is 46.1 Å². The lowest BCUT2D eigenvalue weighted by atomic mass is 9.94. The van der Waals surface area contributed by atoms with Crippen molar-refractivity contribution in [2.24, 2.45) is 0 Å². The molecular weight excluding hydrogens is 410 g/mol. The molecule has 0 saturated carbocycles. The van der Waals surface area contributed by atoms with Gasteiger partial charge in [0.2, 0.25) is 5.89 Å². The zero-order chi connectivity index (χ0) is 22.9. The summed E-state index contributed by atoms with van der Waals surface area (Å²) in [6.45, 7) is 15.4. The second kappa shape index (κ2) is 9.18. The second-order valence-electron chi connectivity index (χ2n) is 8.10. The molecule has 0 bridgehead atoms. The van der Waals surface area contributed by atoms with Gasteiger partial charge in [-0.05, 0) is 12.5 Å². The van der Waals surface area contributed by atoms with E-state index in [0.29, 0.717) is 11.8 Å². The lowest BCUT2D eigenvalue weighted by Gasteiger charge is -2.30. The predicted octanol–water partition coefficient (Wildman–Crippen LogP) is 5.92. The van der Waals surface area contributed by atoms with E-state index in [1.165, 1.54) is 11.3 Å². The molecule has 1 atom stereocenters. The minimum Gasteiger partial charge on any atom is -0.420 e. The number of anilines is 1. The Hall–Kier alpha value is -2.73. The molecule has 0 aromatic carbocycles. The van der Waals surface area contributed by atoms with Gasteiger partial charge in [0.05, 0.1) is 5.69 Å². The smallest absolute Gasteiger partial charge is 0.264 e. The molecule has 1 aliphatic carbocycles. The summed E-state index contributed by atoms with van der Waals surface area (Å²) in [7, 11) is 6.02. The Bertz CT molecular complexity index is 1060. The third kappa shape index (κ3) is 4.22. The van der Waals surface area contributed by atoms with Crippen molar-refractivity contribution in [3.05, 3.63) is 58.9 Å². The number of hydrogen-bond acceptors (Lipinski definition) is 5. The van der Waals surface area contributed by atoms with E-state index in [-0.39, 0.29) is 5.92 Å². The third-order valence-electron chi connectivity index (χ3n) is 5.75. The van der Waals surface area contributed by atoms with E-state index >= 15 is 0 Å². The van der Waals surface area contributed by atoms with E-state index < -0.39 is 0 Å². The van der Waals surface area contributed by atoms with E-state index in [9.17, 15) is 0 Å². The summed E-state index contributed by atoms with van der Waals surface area (Å²) in [5.41, 5.74) is 5.34. The van der Waals surface area contributed by atoms with Crippen LogP contribution in [0.5, 0.6) is 0 Å². The molecule has 0 spiro atoms. The maximum atomic E-state index is 6.32. The van der Waals surface area contributed by atoms with Crippen LogP contribution >= 0.6 is 11.6 Å². The zero-order valence-corrected chi connectivity index (χ0v) is 20.1. The number of allylic oxidation sites excluding steroid dienone is 4. The van der Waals surface area contributed by atoms with Crippen molar-refractivity contribution in [3.63, 3.8) is 0 Å². The maximum absolute atomic E-state index is 6.32. The molecule has 2 aromatic rings. The third-order valence-corrected chi connectivity index (χ3v) is 6.01. The number of rotatable bonds is 9. The van der Waals surface area contributed by atoms with Crippen LogP contribution in [0, 0.1) is 6.92 Å². The Morgan fingerprint density at radius 1 is 1.32 bits per heavy atom. The molecule has 3 rings (SSSR count). The van der Waals surface area contributed by atoms with Gasteiger partial charge in [-0.3, -0.25) is 0 Å². The number of halogens is 1. The first-order valence-corrected chi connectivity index (χ1v) is 10.9. The van der Waals surface area contributed by atoms with E-state index in [4.69, 9.17) is 16.0 Å². The molecule has 31 heavy (non-hydrogen) atoms.